The fourth-order valence-corrected chi connectivity index (χ4v) is 1.24. The van der Waals surface area contributed by atoms with Gasteiger partial charge in [0, 0.05) is 31.7 Å². The van der Waals surface area contributed by atoms with Gasteiger partial charge in [-0.25, -0.2) is 4.79 Å². The summed E-state index contributed by atoms with van der Waals surface area (Å²) in [5.74, 6) is 0. The van der Waals surface area contributed by atoms with Crippen LogP contribution in [0.3, 0.4) is 0 Å². The fourth-order valence-electron chi connectivity index (χ4n) is 1.24. The highest BCUT2D eigenvalue weighted by molar-refractivity contribution is 5.90. The van der Waals surface area contributed by atoms with E-state index in [1.54, 1.807) is 6.20 Å². The Bertz CT molecular complexity index is 420. The first-order valence-corrected chi connectivity index (χ1v) is 5.47. The van der Waals surface area contributed by atoms with Gasteiger partial charge in [-0.3, -0.25) is 0 Å². The van der Waals surface area contributed by atoms with Crippen molar-refractivity contribution in [2.45, 2.75) is 13.8 Å². The van der Waals surface area contributed by atoms with Gasteiger partial charge in [0.15, 0.2) is 0 Å². The molecule has 0 unspecified atom stereocenters. The smallest absolute Gasteiger partial charge is 0.323 e. The zero-order chi connectivity index (χ0) is 12.8. The molecular formula is C13H19N3O. The van der Waals surface area contributed by atoms with Crippen molar-refractivity contribution in [3.8, 4) is 0 Å². The Hall–Kier alpha value is -1.97. The molecule has 0 aliphatic rings. The number of urea groups is 1. The first-order chi connectivity index (χ1) is 7.99. The number of carbonyl (C=O) groups excluding carboxylic acids is 1. The molecule has 17 heavy (non-hydrogen) atoms. The van der Waals surface area contributed by atoms with E-state index in [0.29, 0.717) is 0 Å². The first-order valence-electron chi connectivity index (χ1n) is 5.47. The Balaban J connectivity index is 2.65. The Morgan fingerprint density at radius 3 is 2.59 bits per heavy atom. The van der Waals surface area contributed by atoms with Crippen molar-refractivity contribution < 1.29 is 4.79 Å². The van der Waals surface area contributed by atoms with E-state index in [2.05, 4.69) is 10.6 Å². The van der Waals surface area contributed by atoms with Crippen LogP contribution >= 0.6 is 0 Å². The first kappa shape index (κ1) is 13.1. The van der Waals surface area contributed by atoms with Crippen LogP contribution in [0.5, 0.6) is 0 Å². The molecule has 0 bridgehead atoms. The fraction of sp³-hybridized carbons (Fsp3) is 0.308. The zero-order valence-corrected chi connectivity index (χ0v) is 10.7. The number of anilines is 2. The number of carbonyl (C=O) groups is 1. The van der Waals surface area contributed by atoms with Gasteiger partial charge in [-0.2, -0.15) is 0 Å². The van der Waals surface area contributed by atoms with Crippen LogP contribution < -0.4 is 15.5 Å². The minimum atomic E-state index is -0.234. The average Bonchev–Trinajstić information content (AvgIpc) is 2.26. The highest BCUT2D eigenvalue weighted by Crippen LogP contribution is 2.16. The Labute approximate surface area is 102 Å². The lowest BCUT2D eigenvalue weighted by molar-refractivity contribution is 0.255. The van der Waals surface area contributed by atoms with Gasteiger partial charge in [0.1, 0.15) is 0 Å². The van der Waals surface area contributed by atoms with Crippen molar-refractivity contribution in [2.75, 3.05) is 24.3 Å². The number of rotatable bonds is 3. The van der Waals surface area contributed by atoms with Crippen LogP contribution in [0.2, 0.25) is 0 Å². The van der Waals surface area contributed by atoms with E-state index < -0.39 is 0 Å². The van der Waals surface area contributed by atoms with Crippen LogP contribution in [0.15, 0.2) is 36.0 Å². The topological polar surface area (TPSA) is 44.4 Å². The van der Waals surface area contributed by atoms with Crippen LogP contribution in [0.25, 0.3) is 0 Å². The lowest BCUT2D eigenvalue weighted by Crippen LogP contribution is -2.24. The number of nitrogens with zero attached hydrogens (tertiary/aromatic N) is 1. The van der Waals surface area contributed by atoms with Gasteiger partial charge in [-0.05, 0) is 32.0 Å². The van der Waals surface area contributed by atoms with Gasteiger partial charge in [0.2, 0.25) is 0 Å². The van der Waals surface area contributed by atoms with Gasteiger partial charge in [-0.1, -0.05) is 11.6 Å². The van der Waals surface area contributed by atoms with Crippen molar-refractivity contribution >= 4 is 17.4 Å². The molecule has 1 aromatic rings. The van der Waals surface area contributed by atoms with Crippen LogP contribution in [-0.2, 0) is 0 Å². The molecule has 0 saturated heterocycles. The van der Waals surface area contributed by atoms with Crippen LogP contribution in [0.1, 0.15) is 13.8 Å². The largest absolute Gasteiger partial charge is 0.378 e. The van der Waals surface area contributed by atoms with E-state index in [1.807, 2.05) is 57.1 Å². The van der Waals surface area contributed by atoms with E-state index in [4.69, 9.17) is 0 Å². The van der Waals surface area contributed by atoms with E-state index in [-0.39, 0.29) is 6.03 Å². The second-order valence-corrected chi connectivity index (χ2v) is 4.26. The van der Waals surface area contributed by atoms with Crippen LogP contribution in [0, 0.1) is 0 Å². The zero-order valence-electron chi connectivity index (χ0n) is 10.7. The second-order valence-electron chi connectivity index (χ2n) is 4.26. The number of hydrogen-bond donors (Lipinski definition) is 2. The summed E-state index contributed by atoms with van der Waals surface area (Å²) >= 11 is 0. The monoisotopic (exact) mass is 233 g/mol. The van der Waals surface area contributed by atoms with E-state index in [1.165, 1.54) is 0 Å². The summed E-state index contributed by atoms with van der Waals surface area (Å²) in [5.41, 5.74) is 2.86. The van der Waals surface area contributed by atoms with Crippen LogP contribution in [-0.4, -0.2) is 20.1 Å². The maximum absolute atomic E-state index is 11.5. The quantitative estimate of drug-likeness (QED) is 0.843. The third-order valence-electron chi connectivity index (χ3n) is 2.11. The summed E-state index contributed by atoms with van der Waals surface area (Å²) in [6.45, 7) is 3.85. The molecule has 0 saturated carbocycles. The number of nitrogens with one attached hydrogen (secondary N) is 2. The summed E-state index contributed by atoms with van der Waals surface area (Å²) < 4.78 is 0. The lowest BCUT2D eigenvalue weighted by Gasteiger charge is -2.13. The van der Waals surface area contributed by atoms with Gasteiger partial charge >= 0.3 is 6.03 Å². The SMILES string of the molecule is CC(C)=CNC(=O)Nc1cccc(N(C)C)c1. The van der Waals surface area contributed by atoms with Crippen LogP contribution in [0.4, 0.5) is 16.2 Å². The third-order valence-corrected chi connectivity index (χ3v) is 2.11. The predicted molar refractivity (Wildman–Crippen MR) is 72.4 cm³/mol. The molecule has 1 aromatic carbocycles. The molecule has 0 aromatic heterocycles. The standard InChI is InChI=1S/C13H19N3O/c1-10(2)9-14-13(17)15-11-6-5-7-12(8-11)16(3)4/h5-9H,1-4H3,(H2,14,15,17). The Morgan fingerprint density at radius 2 is 2.00 bits per heavy atom. The molecule has 0 aliphatic heterocycles. The molecular weight excluding hydrogens is 214 g/mol. The molecule has 2 N–H and O–H groups in total. The molecule has 4 heteroatoms. The van der Waals surface area contributed by atoms with Crippen molar-refractivity contribution in [1.82, 2.24) is 5.32 Å². The Kier molecular flexibility index (Phi) is 4.57. The highest BCUT2D eigenvalue weighted by Gasteiger charge is 2.01. The van der Waals surface area contributed by atoms with Gasteiger partial charge < -0.3 is 15.5 Å². The number of benzene rings is 1. The third kappa shape index (κ3) is 4.59. The summed E-state index contributed by atoms with van der Waals surface area (Å²) in [7, 11) is 3.92. The minimum absolute atomic E-state index is 0.234. The highest BCUT2D eigenvalue weighted by atomic mass is 16.2. The molecule has 4 nitrogen and oxygen atoms in total. The molecule has 0 aliphatic carbocycles. The molecule has 0 fully saturated rings. The van der Waals surface area contributed by atoms with E-state index in [9.17, 15) is 4.79 Å². The number of allylic oxidation sites excluding steroid dienone is 1. The van der Waals surface area contributed by atoms with Gasteiger partial charge in [0.05, 0.1) is 0 Å². The summed E-state index contributed by atoms with van der Waals surface area (Å²) in [6.07, 6.45) is 1.67. The summed E-state index contributed by atoms with van der Waals surface area (Å²) in [4.78, 5) is 13.5. The van der Waals surface area contributed by atoms with Crippen molar-refractivity contribution in [3.63, 3.8) is 0 Å². The molecule has 0 radical (unpaired) electrons. The second kappa shape index (κ2) is 5.94. The molecule has 2 amide bonds. The molecule has 0 spiro atoms. The summed E-state index contributed by atoms with van der Waals surface area (Å²) in [5, 5.41) is 5.42. The van der Waals surface area contributed by atoms with Gasteiger partial charge in [-0.15, -0.1) is 0 Å². The number of hydrogen-bond acceptors (Lipinski definition) is 2. The maximum atomic E-state index is 11.5. The maximum Gasteiger partial charge on any atom is 0.323 e. The van der Waals surface area contributed by atoms with Crippen molar-refractivity contribution in [2.24, 2.45) is 0 Å². The van der Waals surface area contributed by atoms with Gasteiger partial charge in [0.25, 0.3) is 0 Å². The molecule has 1 rings (SSSR count). The molecule has 0 atom stereocenters. The average molecular weight is 233 g/mol. The Morgan fingerprint density at radius 1 is 1.29 bits per heavy atom. The van der Waals surface area contributed by atoms with Crippen molar-refractivity contribution in [3.05, 3.63) is 36.0 Å². The lowest BCUT2D eigenvalue weighted by atomic mass is 10.2. The molecule has 0 heterocycles. The minimum Gasteiger partial charge on any atom is -0.378 e. The normalized spacial score (nSPS) is 9.41. The van der Waals surface area contributed by atoms with E-state index >= 15 is 0 Å². The van der Waals surface area contributed by atoms with Crippen molar-refractivity contribution in [1.29, 1.82) is 0 Å². The predicted octanol–water partition coefficient (Wildman–Crippen LogP) is 2.80. The summed E-state index contributed by atoms with van der Waals surface area (Å²) in [6, 6.07) is 7.43. The van der Waals surface area contributed by atoms with E-state index in [0.717, 1.165) is 16.9 Å². The molecule has 92 valence electrons. The number of amides is 2.